The van der Waals surface area contributed by atoms with E-state index in [2.05, 4.69) is 0 Å². The van der Waals surface area contributed by atoms with Crippen molar-refractivity contribution in [3.8, 4) is 0 Å². The number of amides is 2. The Morgan fingerprint density at radius 1 is 1.17 bits per heavy atom. The van der Waals surface area contributed by atoms with E-state index in [1.54, 1.807) is 16.8 Å². The van der Waals surface area contributed by atoms with Crippen LogP contribution in [0.25, 0.3) is 0 Å². The molecule has 1 unspecified atom stereocenters. The highest BCUT2D eigenvalue weighted by molar-refractivity contribution is 7.89. The molecule has 2 N–H and O–H groups in total. The molecule has 2 amide bonds. The van der Waals surface area contributed by atoms with E-state index >= 15 is 0 Å². The number of rotatable bonds is 2. The molecule has 2 aliphatic rings. The zero-order valence-corrected chi connectivity index (χ0v) is 14.4. The van der Waals surface area contributed by atoms with Crippen molar-refractivity contribution >= 4 is 21.8 Å². The fraction of sp³-hybridized carbons (Fsp3) is 0.500. The van der Waals surface area contributed by atoms with E-state index in [1.807, 2.05) is 0 Å². The van der Waals surface area contributed by atoms with Crippen LogP contribution in [0.5, 0.6) is 0 Å². The van der Waals surface area contributed by atoms with E-state index in [0.717, 1.165) is 19.4 Å². The lowest BCUT2D eigenvalue weighted by molar-refractivity contribution is -0.143. The number of hydrogen-bond acceptors (Lipinski definition) is 4. The molecule has 2 saturated heterocycles. The van der Waals surface area contributed by atoms with E-state index in [0.29, 0.717) is 25.1 Å². The number of piperidine rings is 1. The summed E-state index contributed by atoms with van der Waals surface area (Å²) in [4.78, 5) is 28.6. The largest absolute Gasteiger partial charge is 0.345 e. The maximum absolute atomic E-state index is 12.6. The molecule has 2 fully saturated rings. The third-order valence-corrected chi connectivity index (χ3v) is 5.95. The van der Waals surface area contributed by atoms with Gasteiger partial charge in [-0.2, -0.15) is 0 Å². The van der Waals surface area contributed by atoms with Crippen LogP contribution in [0.2, 0.25) is 0 Å². The fourth-order valence-corrected chi connectivity index (χ4v) is 4.18. The molecule has 2 heterocycles. The Kier molecular flexibility index (Phi) is 4.13. The lowest BCUT2D eigenvalue weighted by Crippen LogP contribution is -2.48. The summed E-state index contributed by atoms with van der Waals surface area (Å²) in [7, 11) is -1.97. The molecule has 24 heavy (non-hydrogen) atoms. The lowest BCUT2D eigenvalue weighted by atomic mass is 9.78. The average Bonchev–Trinajstić information content (AvgIpc) is 2.96. The van der Waals surface area contributed by atoms with Crippen molar-refractivity contribution in [3.05, 3.63) is 29.8 Å². The minimum absolute atomic E-state index is 0.0268. The fourth-order valence-electron chi connectivity index (χ4n) is 3.66. The molecule has 130 valence electrons. The van der Waals surface area contributed by atoms with Gasteiger partial charge in [0.1, 0.15) is 0 Å². The van der Waals surface area contributed by atoms with Gasteiger partial charge < -0.3 is 9.80 Å². The van der Waals surface area contributed by atoms with Crippen molar-refractivity contribution < 1.29 is 18.0 Å². The maximum atomic E-state index is 12.6. The van der Waals surface area contributed by atoms with Crippen molar-refractivity contribution in [1.29, 1.82) is 0 Å². The molecule has 0 radical (unpaired) electrons. The summed E-state index contributed by atoms with van der Waals surface area (Å²) in [6.07, 6.45) is 2.44. The first-order chi connectivity index (χ1) is 11.2. The minimum atomic E-state index is -3.78. The van der Waals surface area contributed by atoms with Gasteiger partial charge in [-0.15, -0.1) is 0 Å². The average molecular weight is 351 g/mol. The second kappa shape index (κ2) is 5.86. The van der Waals surface area contributed by atoms with Crippen LogP contribution in [0.3, 0.4) is 0 Å². The van der Waals surface area contributed by atoms with Crippen molar-refractivity contribution in [2.45, 2.75) is 24.2 Å². The Balaban J connectivity index is 1.76. The Labute approximate surface area is 141 Å². The molecule has 1 atom stereocenters. The summed E-state index contributed by atoms with van der Waals surface area (Å²) in [5.74, 6) is -0.0671. The summed E-state index contributed by atoms with van der Waals surface area (Å²) in [6.45, 7) is 1.73. The standard InChI is InChI=1S/C16H21N3O4S/c1-18-9-2-7-16(15(18)21)8-10-19(11-16)14(20)12-3-5-13(6-4-12)24(17,22)23/h3-6H,2,7-11H2,1H3,(H2,17,22,23). The minimum Gasteiger partial charge on any atom is -0.345 e. The van der Waals surface area contributed by atoms with E-state index in [-0.39, 0.29) is 16.7 Å². The molecule has 1 aromatic rings. The monoisotopic (exact) mass is 351 g/mol. The van der Waals surface area contributed by atoms with E-state index in [9.17, 15) is 18.0 Å². The third kappa shape index (κ3) is 2.91. The van der Waals surface area contributed by atoms with Crippen molar-refractivity contribution in [3.63, 3.8) is 0 Å². The van der Waals surface area contributed by atoms with Crippen LogP contribution >= 0.6 is 0 Å². The number of carbonyl (C=O) groups excluding carboxylic acids is 2. The molecule has 0 bridgehead atoms. The first-order valence-electron chi connectivity index (χ1n) is 7.91. The highest BCUT2D eigenvalue weighted by atomic mass is 32.2. The Hall–Kier alpha value is -1.93. The summed E-state index contributed by atoms with van der Waals surface area (Å²) < 4.78 is 22.6. The Morgan fingerprint density at radius 2 is 1.83 bits per heavy atom. The normalized spacial score (nSPS) is 24.7. The zero-order chi connectivity index (χ0) is 17.5. The number of sulfonamides is 1. The van der Waals surface area contributed by atoms with Crippen LogP contribution in [0, 0.1) is 5.41 Å². The number of primary sulfonamides is 1. The van der Waals surface area contributed by atoms with Crippen LogP contribution in [0.4, 0.5) is 0 Å². The van der Waals surface area contributed by atoms with Gasteiger partial charge in [-0.1, -0.05) is 0 Å². The van der Waals surface area contributed by atoms with Gasteiger partial charge in [0.2, 0.25) is 15.9 Å². The Bertz CT molecular complexity index is 775. The second-order valence-electron chi connectivity index (χ2n) is 6.66. The van der Waals surface area contributed by atoms with Gasteiger partial charge in [-0.3, -0.25) is 9.59 Å². The summed E-state index contributed by atoms with van der Waals surface area (Å²) in [5.41, 5.74) is -0.0560. The van der Waals surface area contributed by atoms with Gasteiger partial charge in [-0.05, 0) is 43.5 Å². The Morgan fingerprint density at radius 3 is 2.46 bits per heavy atom. The summed E-state index contributed by atoms with van der Waals surface area (Å²) >= 11 is 0. The van der Waals surface area contributed by atoms with E-state index in [4.69, 9.17) is 5.14 Å². The maximum Gasteiger partial charge on any atom is 0.253 e. The number of likely N-dealkylation sites (tertiary alicyclic amines) is 2. The molecule has 0 saturated carbocycles. The van der Waals surface area contributed by atoms with Gasteiger partial charge in [-0.25, -0.2) is 13.6 Å². The topological polar surface area (TPSA) is 101 Å². The van der Waals surface area contributed by atoms with Crippen LogP contribution in [-0.4, -0.2) is 56.7 Å². The molecule has 0 aromatic heterocycles. The molecular formula is C16H21N3O4S. The second-order valence-corrected chi connectivity index (χ2v) is 8.22. The molecular weight excluding hydrogens is 330 g/mol. The first-order valence-corrected chi connectivity index (χ1v) is 9.45. The first kappa shape index (κ1) is 16.9. The van der Waals surface area contributed by atoms with Gasteiger partial charge >= 0.3 is 0 Å². The van der Waals surface area contributed by atoms with Crippen LogP contribution < -0.4 is 5.14 Å². The molecule has 8 heteroatoms. The predicted molar refractivity (Wildman–Crippen MR) is 87.6 cm³/mol. The predicted octanol–water partition coefficient (Wildman–Crippen LogP) is 0.418. The van der Waals surface area contributed by atoms with Gasteiger partial charge in [0.15, 0.2) is 0 Å². The van der Waals surface area contributed by atoms with Gasteiger partial charge in [0.05, 0.1) is 10.3 Å². The van der Waals surface area contributed by atoms with E-state index < -0.39 is 15.4 Å². The van der Waals surface area contributed by atoms with Gasteiger partial charge in [0, 0.05) is 32.2 Å². The summed E-state index contributed by atoms with van der Waals surface area (Å²) in [6, 6.07) is 5.58. The van der Waals surface area contributed by atoms with Crippen LogP contribution in [0.1, 0.15) is 29.6 Å². The van der Waals surface area contributed by atoms with Crippen LogP contribution in [0.15, 0.2) is 29.2 Å². The SMILES string of the molecule is CN1CCCC2(CCN(C(=O)c3ccc(S(N)(=O)=O)cc3)C2)C1=O. The van der Waals surface area contributed by atoms with E-state index in [1.165, 1.54) is 24.3 Å². The highest BCUT2D eigenvalue weighted by Crippen LogP contribution is 2.40. The smallest absolute Gasteiger partial charge is 0.253 e. The molecule has 2 aliphatic heterocycles. The molecule has 0 aliphatic carbocycles. The molecule has 7 nitrogen and oxygen atoms in total. The zero-order valence-electron chi connectivity index (χ0n) is 13.6. The number of nitrogens with zero attached hydrogens (tertiary/aromatic N) is 2. The van der Waals surface area contributed by atoms with Crippen molar-refractivity contribution in [1.82, 2.24) is 9.80 Å². The molecule has 1 spiro atoms. The molecule has 1 aromatic carbocycles. The van der Waals surface area contributed by atoms with Crippen LogP contribution in [-0.2, 0) is 14.8 Å². The molecule has 3 rings (SSSR count). The highest BCUT2D eigenvalue weighted by Gasteiger charge is 2.48. The quantitative estimate of drug-likeness (QED) is 0.834. The lowest BCUT2D eigenvalue weighted by Gasteiger charge is -2.37. The summed E-state index contributed by atoms with van der Waals surface area (Å²) in [5, 5.41) is 5.06. The number of hydrogen-bond donors (Lipinski definition) is 1. The number of carbonyl (C=O) groups is 2. The number of nitrogens with two attached hydrogens (primary N) is 1. The van der Waals surface area contributed by atoms with Gasteiger partial charge in [0.25, 0.3) is 5.91 Å². The van der Waals surface area contributed by atoms with Crippen molar-refractivity contribution in [2.24, 2.45) is 10.6 Å². The van der Waals surface area contributed by atoms with Crippen molar-refractivity contribution in [2.75, 3.05) is 26.7 Å². The third-order valence-electron chi connectivity index (χ3n) is 5.02. The number of benzene rings is 1.